The second-order valence-corrected chi connectivity index (χ2v) is 3.61. The van der Waals surface area contributed by atoms with Crippen LogP contribution in [0.25, 0.3) is 0 Å². The number of halogens is 2. The molecule has 0 spiro atoms. The van der Waals surface area contributed by atoms with Gasteiger partial charge in [0.15, 0.2) is 0 Å². The van der Waals surface area contributed by atoms with Crippen LogP contribution in [0.15, 0.2) is 53.5 Å². The van der Waals surface area contributed by atoms with E-state index in [4.69, 9.17) is 3.40 Å². The monoisotopic (exact) mass is 397 g/mol. The van der Waals surface area contributed by atoms with Gasteiger partial charge in [0, 0.05) is 11.8 Å². The molecule has 0 unspecified atom stereocenters. The van der Waals surface area contributed by atoms with Gasteiger partial charge in [-0.1, -0.05) is 30.3 Å². The van der Waals surface area contributed by atoms with Crippen LogP contribution in [-0.4, -0.2) is 11.3 Å². The number of aliphatic imine (C=N–C) groups is 1. The molecule has 108 valence electrons. The summed E-state index contributed by atoms with van der Waals surface area (Å²) < 4.78 is 8.26. The summed E-state index contributed by atoms with van der Waals surface area (Å²) >= 11 is 0.700. The van der Waals surface area contributed by atoms with Crippen LogP contribution in [0.2, 0.25) is 0 Å². The predicted molar refractivity (Wildman–Crippen MR) is 81.7 cm³/mol. The number of aromatic hydroxyl groups is 1. The topological polar surface area (TPSA) is 49.7 Å². The fourth-order valence-electron chi connectivity index (χ4n) is 1.44. The summed E-state index contributed by atoms with van der Waals surface area (Å²) in [5, 5.41) is 9.78. The normalized spacial score (nSPS) is 8.85. The first kappa shape index (κ1) is 21.3. The van der Waals surface area contributed by atoms with Gasteiger partial charge in [-0.15, -0.1) is 24.8 Å². The Balaban J connectivity index is 0. The number of rotatable bonds is 2. The first-order valence-corrected chi connectivity index (χ1v) is 6.13. The Morgan fingerprint density at radius 2 is 1.60 bits per heavy atom. The first-order valence-electron chi connectivity index (χ1n) is 5.32. The summed E-state index contributed by atoms with van der Waals surface area (Å²) in [4.78, 5) is 4.29. The maximum absolute atomic E-state index is 9.78. The van der Waals surface area contributed by atoms with Crippen molar-refractivity contribution < 1.29 is 28.3 Å². The molecule has 0 aliphatic carbocycles. The molecule has 2 aromatic rings. The maximum atomic E-state index is 9.78. The van der Waals surface area contributed by atoms with Gasteiger partial charge in [-0.2, -0.15) is 0 Å². The second-order valence-electron chi connectivity index (χ2n) is 3.61. The summed E-state index contributed by atoms with van der Waals surface area (Å²) in [6.45, 7) is 1.87. The quantitative estimate of drug-likeness (QED) is 0.612. The van der Waals surface area contributed by atoms with Gasteiger partial charge in [-0.05, 0) is 30.7 Å². The number of hydrogen-bond acceptors (Lipinski definition) is 3. The Kier molecular flexibility index (Phi) is 12.5. The Hall–Kier alpha value is -1.02. The van der Waals surface area contributed by atoms with Crippen molar-refractivity contribution in [2.24, 2.45) is 4.99 Å². The third kappa shape index (κ3) is 6.42. The number of nitrogens with zero attached hydrogens (tertiary/aromatic N) is 1. The van der Waals surface area contributed by atoms with E-state index in [-0.39, 0.29) is 24.8 Å². The van der Waals surface area contributed by atoms with Gasteiger partial charge in [0.2, 0.25) is 0 Å². The van der Waals surface area contributed by atoms with E-state index < -0.39 is 0 Å². The number of hydrogen-bond donors (Lipinski definition) is 1. The summed E-state index contributed by atoms with van der Waals surface area (Å²) in [6, 6.07) is 15.3. The minimum atomic E-state index is 0. The van der Waals surface area contributed by atoms with Crippen LogP contribution in [-0.2, 0) is 23.2 Å². The Bertz CT molecular complexity index is 536. The number of para-hydroxylation sites is 2. The van der Waals surface area contributed by atoms with E-state index in [0.717, 1.165) is 16.8 Å². The third-order valence-corrected chi connectivity index (χ3v) is 2.38. The van der Waals surface area contributed by atoms with Gasteiger partial charge in [0.1, 0.15) is 5.75 Å². The fourth-order valence-corrected chi connectivity index (χ4v) is 1.44. The summed E-state index contributed by atoms with van der Waals surface area (Å²) in [6.07, 6.45) is 1.68. The summed E-state index contributed by atoms with van der Waals surface area (Å²) in [5.74, 6) is 0.294. The Morgan fingerprint density at radius 1 is 1.00 bits per heavy atom. The first-order chi connectivity index (χ1) is 8.77. The molecule has 2 aromatic carbocycles. The average Bonchev–Trinajstić information content (AvgIpc) is 2.44. The molecule has 0 bridgehead atoms. The minimum absolute atomic E-state index is 0. The standard InChI is InChI=1S/C14H13NO.2ClH.Mo.O/c1-11-6-5-7-12(14(11)16)10-15-13-8-3-2-4-9-13;;;;/h2-10,16H,1H3;2*1H;;. The number of phenols is 1. The molecule has 20 heavy (non-hydrogen) atoms. The zero-order chi connectivity index (χ0) is 13.4. The predicted octanol–water partition coefficient (Wildman–Crippen LogP) is 4.17. The molecule has 2 rings (SSSR count). The van der Waals surface area contributed by atoms with Crippen LogP contribution in [0.1, 0.15) is 11.1 Å². The molecule has 0 heterocycles. The van der Waals surface area contributed by atoms with Crippen LogP contribution >= 0.6 is 24.8 Å². The van der Waals surface area contributed by atoms with E-state index in [1.807, 2.05) is 55.5 Å². The molecule has 0 radical (unpaired) electrons. The van der Waals surface area contributed by atoms with Gasteiger partial charge in [0.05, 0.1) is 5.69 Å². The zero-order valence-electron chi connectivity index (χ0n) is 10.7. The molecule has 0 aliphatic rings. The molecule has 6 heteroatoms. The SMILES string of the molecule is Cc1cccc(C=Nc2ccccc2)c1O.Cl.Cl.[O]=[Mo]. The summed E-state index contributed by atoms with van der Waals surface area (Å²) in [7, 11) is 0. The second kappa shape index (κ2) is 11.8. The van der Waals surface area contributed by atoms with Crippen molar-refractivity contribution in [1.29, 1.82) is 0 Å². The molecule has 1 N–H and O–H groups in total. The Morgan fingerprint density at radius 3 is 2.20 bits per heavy atom. The number of benzene rings is 2. The van der Waals surface area contributed by atoms with Crippen LogP contribution in [0.3, 0.4) is 0 Å². The summed E-state index contributed by atoms with van der Waals surface area (Å²) in [5.41, 5.74) is 2.48. The van der Waals surface area contributed by atoms with Crippen molar-refractivity contribution in [2.75, 3.05) is 0 Å². The molecule has 0 amide bonds. The van der Waals surface area contributed by atoms with E-state index in [0.29, 0.717) is 25.5 Å². The van der Waals surface area contributed by atoms with Gasteiger partial charge in [-0.25, -0.2) is 0 Å². The van der Waals surface area contributed by atoms with E-state index >= 15 is 0 Å². The van der Waals surface area contributed by atoms with E-state index in [1.54, 1.807) is 6.21 Å². The van der Waals surface area contributed by atoms with Crippen LogP contribution in [0.4, 0.5) is 5.69 Å². The van der Waals surface area contributed by atoms with Crippen molar-refractivity contribution in [3.63, 3.8) is 0 Å². The zero-order valence-corrected chi connectivity index (χ0v) is 14.4. The average molecular weight is 396 g/mol. The van der Waals surface area contributed by atoms with Crippen LogP contribution in [0, 0.1) is 6.92 Å². The van der Waals surface area contributed by atoms with Gasteiger partial charge >= 0.3 is 23.2 Å². The Labute approximate surface area is 142 Å². The molecule has 0 saturated carbocycles. The van der Waals surface area contributed by atoms with Gasteiger partial charge in [-0.3, -0.25) is 4.99 Å². The molecular weight excluding hydrogens is 381 g/mol. The molecule has 0 atom stereocenters. The van der Waals surface area contributed by atoms with Gasteiger partial charge < -0.3 is 5.11 Å². The molecular formula is C14H15Cl2MoNO2. The van der Waals surface area contributed by atoms with E-state index in [1.165, 1.54) is 0 Å². The van der Waals surface area contributed by atoms with E-state index in [9.17, 15) is 5.11 Å². The van der Waals surface area contributed by atoms with E-state index in [2.05, 4.69) is 4.99 Å². The van der Waals surface area contributed by atoms with Gasteiger partial charge in [0.25, 0.3) is 0 Å². The molecule has 0 saturated heterocycles. The molecule has 0 aromatic heterocycles. The van der Waals surface area contributed by atoms with Crippen LogP contribution in [0.5, 0.6) is 5.75 Å². The van der Waals surface area contributed by atoms with Crippen molar-refractivity contribution in [1.82, 2.24) is 0 Å². The van der Waals surface area contributed by atoms with Crippen LogP contribution < -0.4 is 0 Å². The van der Waals surface area contributed by atoms with Crippen molar-refractivity contribution in [3.8, 4) is 5.75 Å². The number of aryl methyl sites for hydroxylation is 1. The van der Waals surface area contributed by atoms with Crippen molar-refractivity contribution in [2.45, 2.75) is 6.92 Å². The fraction of sp³-hybridized carbons (Fsp3) is 0.0714. The third-order valence-electron chi connectivity index (χ3n) is 2.38. The van der Waals surface area contributed by atoms with Crippen molar-refractivity contribution in [3.05, 3.63) is 59.7 Å². The molecule has 3 nitrogen and oxygen atoms in total. The van der Waals surface area contributed by atoms with Crippen molar-refractivity contribution >= 4 is 36.7 Å². The molecule has 0 fully saturated rings. The molecule has 0 aliphatic heterocycles. The number of phenolic OH excluding ortho intramolecular Hbond substituents is 1.